The van der Waals surface area contributed by atoms with Crippen molar-refractivity contribution >= 4 is 5.91 Å². The largest absolute Gasteiger partial charge is 0.468 e. The van der Waals surface area contributed by atoms with Crippen LogP contribution in [0.25, 0.3) is 0 Å². The molecule has 1 aromatic rings. The first-order valence-corrected chi connectivity index (χ1v) is 6.48. The number of alkyl halides is 3. The molecule has 0 unspecified atom stereocenters. The molecule has 1 aliphatic rings. The van der Waals surface area contributed by atoms with Gasteiger partial charge in [-0.2, -0.15) is 13.2 Å². The zero-order chi connectivity index (χ0) is 15.3. The van der Waals surface area contributed by atoms with Gasteiger partial charge in [-0.05, 0) is 18.9 Å². The second kappa shape index (κ2) is 6.75. The lowest BCUT2D eigenvalue weighted by Gasteiger charge is -2.14. The van der Waals surface area contributed by atoms with Crippen molar-refractivity contribution in [3.8, 4) is 5.88 Å². The summed E-state index contributed by atoms with van der Waals surface area (Å²) in [7, 11) is 0. The summed E-state index contributed by atoms with van der Waals surface area (Å²) in [6.07, 6.45) is -2.12. The molecule has 2 rings (SSSR count). The number of carbonyl (C=O) groups excluding carboxylic acids is 1. The molecule has 2 heterocycles. The molecule has 5 nitrogen and oxygen atoms in total. The van der Waals surface area contributed by atoms with Gasteiger partial charge in [-0.25, -0.2) is 4.98 Å². The fraction of sp³-hybridized carbons (Fsp3) is 0.538. The highest BCUT2D eigenvalue weighted by Crippen LogP contribution is 2.20. The van der Waals surface area contributed by atoms with Crippen molar-refractivity contribution in [3.05, 3.63) is 23.9 Å². The molecule has 116 valence electrons. The van der Waals surface area contributed by atoms with Gasteiger partial charge < -0.3 is 14.8 Å². The molecule has 21 heavy (non-hydrogen) atoms. The minimum absolute atomic E-state index is 0.0414. The Labute approximate surface area is 119 Å². The van der Waals surface area contributed by atoms with Crippen LogP contribution in [0.4, 0.5) is 13.2 Å². The standard InChI is InChI=1S/C13H15F3N2O3/c14-13(15,16)8-21-12-9(3-1-5-17-12)7-18-11(19)10-4-2-6-20-10/h1,3,5,10H,2,4,6-8H2,(H,18,19)/t10-/m1/s1. The maximum atomic E-state index is 12.2. The first kappa shape index (κ1) is 15.6. The fourth-order valence-corrected chi connectivity index (χ4v) is 1.92. The van der Waals surface area contributed by atoms with Gasteiger partial charge in [0.2, 0.25) is 11.8 Å². The molecule has 0 radical (unpaired) electrons. The van der Waals surface area contributed by atoms with E-state index in [0.717, 1.165) is 6.42 Å². The van der Waals surface area contributed by atoms with E-state index in [1.807, 2.05) is 0 Å². The van der Waals surface area contributed by atoms with Crippen LogP contribution in [0, 0.1) is 0 Å². The van der Waals surface area contributed by atoms with Gasteiger partial charge in [-0.15, -0.1) is 0 Å². The summed E-state index contributed by atoms with van der Waals surface area (Å²) in [4.78, 5) is 15.5. The summed E-state index contributed by atoms with van der Waals surface area (Å²) < 4.78 is 46.3. The predicted molar refractivity (Wildman–Crippen MR) is 66.6 cm³/mol. The molecule has 0 saturated carbocycles. The maximum absolute atomic E-state index is 12.2. The summed E-state index contributed by atoms with van der Waals surface area (Å²) in [6.45, 7) is -0.832. The van der Waals surface area contributed by atoms with Gasteiger partial charge in [0, 0.05) is 24.9 Å². The average molecular weight is 304 g/mol. The summed E-state index contributed by atoms with van der Waals surface area (Å²) in [5, 5.41) is 2.61. The third kappa shape index (κ3) is 4.89. The lowest BCUT2D eigenvalue weighted by molar-refractivity contribution is -0.154. The Hall–Kier alpha value is -1.83. The van der Waals surface area contributed by atoms with Crippen LogP contribution in [0.15, 0.2) is 18.3 Å². The molecule has 1 saturated heterocycles. The Morgan fingerprint density at radius 2 is 2.33 bits per heavy atom. The number of amides is 1. The first-order chi connectivity index (χ1) is 9.96. The van der Waals surface area contributed by atoms with Gasteiger partial charge in [-0.3, -0.25) is 4.79 Å². The van der Waals surface area contributed by atoms with Gasteiger partial charge >= 0.3 is 6.18 Å². The van der Waals surface area contributed by atoms with Gasteiger partial charge in [0.1, 0.15) is 6.10 Å². The van der Waals surface area contributed by atoms with E-state index in [0.29, 0.717) is 18.6 Å². The molecule has 1 amide bonds. The maximum Gasteiger partial charge on any atom is 0.422 e. The highest BCUT2D eigenvalue weighted by Gasteiger charge is 2.29. The van der Waals surface area contributed by atoms with Crippen LogP contribution in [-0.2, 0) is 16.1 Å². The number of nitrogens with one attached hydrogen (secondary N) is 1. The third-order valence-corrected chi connectivity index (χ3v) is 2.90. The lowest BCUT2D eigenvalue weighted by atomic mass is 10.2. The summed E-state index contributed by atoms with van der Waals surface area (Å²) in [6, 6.07) is 3.11. The number of nitrogens with zero attached hydrogens (tertiary/aromatic N) is 1. The monoisotopic (exact) mass is 304 g/mol. The molecular formula is C13H15F3N2O3. The lowest BCUT2D eigenvalue weighted by Crippen LogP contribution is -2.33. The molecule has 1 atom stereocenters. The van der Waals surface area contributed by atoms with Crippen molar-refractivity contribution in [1.82, 2.24) is 10.3 Å². The highest BCUT2D eigenvalue weighted by atomic mass is 19.4. The zero-order valence-corrected chi connectivity index (χ0v) is 11.2. The average Bonchev–Trinajstić information content (AvgIpc) is 2.96. The second-order valence-corrected chi connectivity index (χ2v) is 4.59. The van der Waals surface area contributed by atoms with E-state index in [4.69, 9.17) is 4.74 Å². The Morgan fingerprint density at radius 1 is 1.52 bits per heavy atom. The molecule has 1 aliphatic heterocycles. The molecular weight excluding hydrogens is 289 g/mol. The van der Waals surface area contributed by atoms with E-state index in [-0.39, 0.29) is 18.3 Å². The van der Waals surface area contributed by atoms with Crippen molar-refractivity contribution in [2.45, 2.75) is 31.7 Å². The fourth-order valence-electron chi connectivity index (χ4n) is 1.92. The number of pyridine rings is 1. The molecule has 0 bridgehead atoms. The van der Waals surface area contributed by atoms with E-state index >= 15 is 0 Å². The van der Waals surface area contributed by atoms with Crippen molar-refractivity contribution in [1.29, 1.82) is 0 Å². The minimum atomic E-state index is -4.43. The van der Waals surface area contributed by atoms with Gasteiger partial charge in [0.05, 0.1) is 0 Å². The number of rotatable bonds is 5. The molecule has 1 aromatic heterocycles. The number of halogens is 3. The molecule has 0 aliphatic carbocycles. The number of ether oxygens (including phenoxy) is 2. The van der Waals surface area contributed by atoms with Crippen LogP contribution in [0.3, 0.4) is 0 Å². The van der Waals surface area contributed by atoms with E-state index in [1.54, 1.807) is 12.1 Å². The van der Waals surface area contributed by atoms with Crippen LogP contribution in [0.2, 0.25) is 0 Å². The molecule has 0 spiro atoms. The van der Waals surface area contributed by atoms with Crippen molar-refractivity contribution < 1.29 is 27.4 Å². The topological polar surface area (TPSA) is 60.5 Å². The SMILES string of the molecule is O=C(NCc1cccnc1OCC(F)(F)F)[C@H]1CCCO1. The van der Waals surface area contributed by atoms with E-state index < -0.39 is 18.9 Å². The first-order valence-electron chi connectivity index (χ1n) is 6.48. The van der Waals surface area contributed by atoms with Crippen LogP contribution in [0.5, 0.6) is 5.88 Å². The normalized spacial score (nSPS) is 18.5. The smallest absolute Gasteiger partial charge is 0.422 e. The number of hydrogen-bond donors (Lipinski definition) is 1. The van der Waals surface area contributed by atoms with Crippen molar-refractivity contribution in [2.24, 2.45) is 0 Å². The Bertz CT molecular complexity index is 488. The summed E-state index contributed by atoms with van der Waals surface area (Å²) in [5.74, 6) is -0.416. The van der Waals surface area contributed by atoms with E-state index in [9.17, 15) is 18.0 Å². The van der Waals surface area contributed by atoms with Crippen LogP contribution in [0.1, 0.15) is 18.4 Å². The Kier molecular flexibility index (Phi) is 5.00. The number of aromatic nitrogens is 1. The summed E-state index contributed by atoms with van der Waals surface area (Å²) in [5.41, 5.74) is 0.382. The molecule has 1 N–H and O–H groups in total. The van der Waals surface area contributed by atoms with Gasteiger partial charge in [-0.1, -0.05) is 6.07 Å². The molecule has 0 aromatic carbocycles. The van der Waals surface area contributed by atoms with Crippen molar-refractivity contribution in [2.75, 3.05) is 13.2 Å². The summed E-state index contributed by atoms with van der Waals surface area (Å²) >= 11 is 0. The Balaban J connectivity index is 1.91. The van der Waals surface area contributed by atoms with Gasteiger partial charge in [0.15, 0.2) is 6.61 Å². The highest BCUT2D eigenvalue weighted by molar-refractivity contribution is 5.80. The Morgan fingerprint density at radius 3 is 3.00 bits per heavy atom. The van der Waals surface area contributed by atoms with E-state index in [2.05, 4.69) is 15.0 Å². The number of carbonyl (C=O) groups is 1. The predicted octanol–water partition coefficient (Wildman–Crippen LogP) is 1.82. The van der Waals surface area contributed by atoms with Crippen LogP contribution < -0.4 is 10.1 Å². The van der Waals surface area contributed by atoms with Crippen LogP contribution in [-0.4, -0.2) is 36.4 Å². The third-order valence-electron chi connectivity index (χ3n) is 2.90. The quantitative estimate of drug-likeness (QED) is 0.901. The zero-order valence-electron chi connectivity index (χ0n) is 11.2. The second-order valence-electron chi connectivity index (χ2n) is 4.59. The van der Waals surface area contributed by atoms with E-state index in [1.165, 1.54) is 6.20 Å². The molecule has 1 fully saturated rings. The van der Waals surface area contributed by atoms with Crippen LogP contribution >= 0.6 is 0 Å². The minimum Gasteiger partial charge on any atom is -0.468 e. The number of hydrogen-bond acceptors (Lipinski definition) is 4. The molecule has 8 heteroatoms. The van der Waals surface area contributed by atoms with Gasteiger partial charge in [0.25, 0.3) is 0 Å². The van der Waals surface area contributed by atoms with Crippen molar-refractivity contribution in [3.63, 3.8) is 0 Å².